The van der Waals surface area contributed by atoms with Gasteiger partial charge in [-0.15, -0.1) is 0 Å². The van der Waals surface area contributed by atoms with Gasteiger partial charge in [-0.05, 0) is 36.2 Å². The molecule has 1 aliphatic rings. The molecule has 3 heteroatoms. The van der Waals surface area contributed by atoms with Crippen molar-refractivity contribution in [2.75, 3.05) is 6.54 Å². The number of carbonyl (C=O) groups excluding carboxylic acids is 1. The molecule has 108 valence electrons. The summed E-state index contributed by atoms with van der Waals surface area (Å²) in [5.41, 5.74) is 1.18. The summed E-state index contributed by atoms with van der Waals surface area (Å²) >= 11 is 1.42. The zero-order valence-electron chi connectivity index (χ0n) is 12.3. The molecule has 1 aromatic carbocycles. The van der Waals surface area contributed by atoms with Crippen molar-refractivity contribution in [3.05, 3.63) is 40.8 Å². The average Bonchev–Trinajstić information content (AvgIpc) is 2.74. The van der Waals surface area contributed by atoms with Crippen molar-refractivity contribution in [2.45, 2.75) is 45.6 Å². The van der Waals surface area contributed by atoms with Crippen LogP contribution in [0.1, 0.15) is 45.1 Å². The lowest BCUT2D eigenvalue weighted by atomic mass is 10.1. The Morgan fingerprint density at radius 2 is 1.95 bits per heavy atom. The van der Waals surface area contributed by atoms with E-state index in [1.807, 2.05) is 18.2 Å². The number of thioether (sulfide) groups is 1. The van der Waals surface area contributed by atoms with E-state index in [1.54, 1.807) is 0 Å². The summed E-state index contributed by atoms with van der Waals surface area (Å²) in [6, 6.07) is 10.6. The smallest absolute Gasteiger partial charge is 0.286 e. The molecule has 0 spiro atoms. The first-order valence-corrected chi connectivity index (χ1v) is 8.33. The highest BCUT2D eigenvalue weighted by molar-refractivity contribution is 8.17. The van der Waals surface area contributed by atoms with Crippen LogP contribution in [0.2, 0.25) is 0 Å². The van der Waals surface area contributed by atoms with Gasteiger partial charge in [-0.3, -0.25) is 4.79 Å². The predicted octanol–water partition coefficient (Wildman–Crippen LogP) is 5.17. The van der Waals surface area contributed by atoms with Gasteiger partial charge in [0.15, 0.2) is 0 Å². The molecule has 1 heterocycles. The lowest BCUT2D eigenvalue weighted by Gasteiger charge is -2.23. The topological polar surface area (TPSA) is 20.3 Å². The van der Waals surface area contributed by atoms with Gasteiger partial charge in [-0.1, -0.05) is 57.0 Å². The Hall–Kier alpha value is -1.22. The predicted molar refractivity (Wildman–Crippen MR) is 87.7 cm³/mol. The van der Waals surface area contributed by atoms with Crippen LogP contribution < -0.4 is 0 Å². The third kappa shape index (κ3) is 3.66. The van der Waals surface area contributed by atoms with Crippen LogP contribution in [0.5, 0.6) is 0 Å². The summed E-state index contributed by atoms with van der Waals surface area (Å²) in [5.74, 6) is 0. The molecule has 1 aliphatic heterocycles. The van der Waals surface area contributed by atoms with Crippen LogP contribution in [0.4, 0.5) is 4.79 Å². The lowest BCUT2D eigenvalue weighted by molar-refractivity contribution is 0.210. The average molecular weight is 289 g/mol. The number of rotatable bonds is 6. The van der Waals surface area contributed by atoms with Gasteiger partial charge in [-0.25, -0.2) is 0 Å². The minimum absolute atomic E-state index is 0.221. The number of hydrogen-bond acceptors (Lipinski definition) is 2. The molecule has 0 aliphatic carbocycles. The Bertz CT molecular complexity index is 469. The third-order valence-electron chi connectivity index (χ3n) is 3.57. The first-order chi connectivity index (χ1) is 9.76. The Kier molecular flexibility index (Phi) is 5.72. The Labute approximate surface area is 126 Å². The van der Waals surface area contributed by atoms with Gasteiger partial charge >= 0.3 is 0 Å². The highest BCUT2D eigenvalue weighted by Gasteiger charge is 2.34. The van der Waals surface area contributed by atoms with Crippen LogP contribution in [0.15, 0.2) is 35.2 Å². The standard InChI is InChI=1S/C17H23NOS/c1-3-5-12-18-15(9-4-2)16(20-17(18)19)13-14-10-7-6-8-11-14/h6-8,10-11,13,15H,3-5,9,12H2,1-2H3/b16-13-. The highest BCUT2D eigenvalue weighted by atomic mass is 32.2. The van der Waals surface area contributed by atoms with Crippen molar-refractivity contribution < 1.29 is 4.79 Å². The number of hydrogen-bond donors (Lipinski definition) is 0. The van der Waals surface area contributed by atoms with Crippen molar-refractivity contribution >= 4 is 23.1 Å². The number of benzene rings is 1. The molecule has 0 saturated carbocycles. The SMILES string of the molecule is CCCCN1C(=O)S/C(=C\c2ccccc2)C1CCC. The maximum absolute atomic E-state index is 12.2. The molecule has 20 heavy (non-hydrogen) atoms. The molecule has 1 unspecified atom stereocenters. The van der Waals surface area contributed by atoms with E-state index < -0.39 is 0 Å². The molecule has 0 radical (unpaired) electrons. The quantitative estimate of drug-likeness (QED) is 0.720. The van der Waals surface area contributed by atoms with E-state index >= 15 is 0 Å². The minimum atomic E-state index is 0.221. The van der Waals surface area contributed by atoms with Gasteiger partial charge < -0.3 is 4.90 Å². The minimum Gasteiger partial charge on any atom is -0.326 e. The van der Waals surface area contributed by atoms with Crippen molar-refractivity contribution in [3.63, 3.8) is 0 Å². The van der Waals surface area contributed by atoms with E-state index in [1.165, 1.54) is 22.2 Å². The highest BCUT2D eigenvalue weighted by Crippen LogP contribution is 2.38. The zero-order chi connectivity index (χ0) is 14.4. The molecule has 1 saturated heterocycles. The molecule has 1 aromatic rings. The Morgan fingerprint density at radius 3 is 2.60 bits per heavy atom. The number of amides is 1. The number of unbranched alkanes of at least 4 members (excludes halogenated alkanes) is 1. The van der Waals surface area contributed by atoms with Crippen molar-refractivity contribution in [1.82, 2.24) is 4.90 Å². The fourth-order valence-corrected chi connectivity index (χ4v) is 3.61. The Morgan fingerprint density at radius 1 is 1.20 bits per heavy atom. The summed E-state index contributed by atoms with van der Waals surface area (Å²) in [6.45, 7) is 5.24. The van der Waals surface area contributed by atoms with Gasteiger partial charge in [0.2, 0.25) is 0 Å². The second-order valence-corrected chi connectivity index (χ2v) is 6.20. The lowest BCUT2D eigenvalue weighted by Crippen LogP contribution is -2.33. The largest absolute Gasteiger partial charge is 0.326 e. The maximum Gasteiger partial charge on any atom is 0.286 e. The van der Waals surface area contributed by atoms with Crippen LogP contribution in [0, 0.1) is 0 Å². The van der Waals surface area contributed by atoms with E-state index in [9.17, 15) is 4.79 Å². The van der Waals surface area contributed by atoms with E-state index in [0.717, 1.165) is 32.2 Å². The molecule has 2 nitrogen and oxygen atoms in total. The van der Waals surface area contributed by atoms with E-state index in [2.05, 4.69) is 37.0 Å². The molecule has 0 N–H and O–H groups in total. The summed E-state index contributed by atoms with van der Waals surface area (Å²) in [7, 11) is 0. The van der Waals surface area contributed by atoms with E-state index in [4.69, 9.17) is 0 Å². The third-order valence-corrected chi connectivity index (χ3v) is 4.60. The zero-order valence-corrected chi connectivity index (χ0v) is 13.2. The van der Waals surface area contributed by atoms with Gasteiger partial charge in [0, 0.05) is 11.4 Å². The molecule has 1 amide bonds. The van der Waals surface area contributed by atoms with Crippen LogP contribution in [-0.2, 0) is 0 Å². The molecule has 2 rings (SSSR count). The van der Waals surface area contributed by atoms with Gasteiger partial charge in [-0.2, -0.15) is 0 Å². The van der Waals surface area contributed by atoms with Gasteiger partial charge in [0.1, 0.15) is 0 Å². The summed E-state index contributed by atoms with van der Waals surface area (Å²) in [6.07, 6.45) is 6.55. The fraction of sp³-hybridized carbons (Fsp3) is 0.471. The summed E-state index contributed by atoms with van der Waals surface area (Å²) in [5, 5.41) is 0.221. The molecule has 1 atom stereocenters. The molecular formula is C17H23NOS. The van der Waals surface area contributed by atoms with Crippen molar-refractivity contribution in [3.8, 4) is 0 Å². The van der Waals surface area contributed by atoms with Crippen LogP contribution in [0.3, 0.4) is 0 Å². The van der Waals surface area contributed by atoms with Crippen LogP contribution >= 0.6 is 11.8 Å². The van der Waals surface area contributed by atoms with Gasteiger partial charge in [0.05, 0.1) is 6.04 Å². The first kappa shape index (κ1) is 15.2. The second kappa shape index (κ2) is 7.53. The van der Waals surface area contributed by atoms with Crippen LogP contribution in [-0.4, -0.2) is 22.7 Å². The fourth-order valence-electron chi connectivity index (χ4n) is 2.49. The van der Waals surface area contributed by atoms with E-state index in [0.29, 0.717) is 0 Å². The van der Waals surface area contributed by atoms with Crippen molar-refractivity contribution in [1.29, 1.82) is 0 Å². The first-order valence-electron chi connectivity index (χ1n) is 7.51. The second-order valence-electron chi connectivity index (χ2n) is 5.18. The molecular weight excluding hydrogens is 266 g/mol. The van der Waals surface area contributed by atoms with E-state index in [-0.39, 0.29) is 11.3 Å². The van der Waals surface area contributed by atoms with Crippen molar-refractivity contribution in [2.24, 2.45) is 0 Å². The number of nitrogens with zero attached hydrogens (tertiary/aromatic N) is 1. The molecule has 1 fully saturated rings. The van der Waals surface area contributed by atoms with Crippen LogP contribution in [0.25, 0.3) is 6.08 Å². The summed E-state index contributed by atoms with van der Waals surface area (Å²) < 4.78 is 0. The molecule has 0 bridgehead atoms. The number of carbonyl (C=O) groups is 1. The monoisotopic (exact) mass is 289 g/mol. The maximum atomic E-state index is 12.2. The Balaban J connectivity index is 2.19. The van der Waals surface area contributed by atoms with Gasteiger partial charge in [0.25, 0.3) is 5.24 Å². The summed E-state index contributed by atoms with van der Waals surface area (Å²) in [4.78, 5) is 15.5. The normalized spacial score (nSPS) is 20.9. The molecule has 0 aromatic heterocycles.